The topological polar surface area (TPSA) is 38.9 Å². The number of aromatic nitrogens is 1. The van der Waals surface area contributed by atoms with Crippen LogP contribution in [-0.2, 0) is 0 Å². The van der Waals surface area contributed by atoms with Gasteiger partial charge in [-0.25, -0.2) is 0 Å². The molecule has 0 saturated carbocycles. The van der Waals surface area contributed by atoms with Crippen LogP contribution in [0.25, 0.3) is 11.1 Å². The first kappa shape index (κ1) is 8.26. The smallest absolute Gasteiger partial charge is 0.0939 e. The summed E-state index contributed by atoms with van der Waals surface area (Å²) in [6, 6.07) is 6.03. The molecule has 0 radical (unpaired) electrons. The van der Waals surface area contributed by atoms with E-state index in [0.717, 1.165) is 16.1 Å². The fourth-order valence-electron chi connectivity index (χ4n) is 1.28. The van der Waals surface area contributed by atoms with Gasteiger partial charge < -0.3 is 5.73 Å². The molecule has 0 amide bonds. The summed E-state index contributed by atoms with van der Waals surface area (Å²) in [5.41, 5.74) is 8.04. The summed E-state index contributed by atoms with van der Waals surface area (Å²) < 4.78 is 0. The number of pyridine rings is 1. The van der Waals surface area contributed by atoms with Crippen molar-refractivity contribution in [2.75, 3.05) is 5.73 Å². The molecule has 0 saturated heterocycles. The van der Waals surface area contributed by atoms with Gasteiger partial charge in [-0.15, -0.1) is 11.3 Å². The fraction of sp³-hybridized carbons (Fsp3) is 0.100. The molecule has 2 heterocycles. The maximum absolute atomic E-state index is 5.86. The Balaban J connectivity index is 2.53. The van der Waals surface area contributed by atoms with Crippen LogP contribution in [0.1, 0.15) is 4.88 Å². The molecule has 0 atom stereocenters. The van der Waals surface area contributed by atoms with Gasteiger partial charge in [0.15, 0.2) is 0 Å². The largest absolute Gasteiger partial charge is 0.390 e. The predicted octanol–water partition coefficient (Wildman–Crippen LogP) is 2.70. The summed E-state index contributed by atoms with van der Waals surface area (Å²) in [6.07, 6.45) is 3.59. The Kier molecular flexibility index (Phi) is 2.02. The monoisotopic (exact) mass is 190 g/mol. The minimum Gasteiger partial charge on any atom is -0.390 e. The van der Waals surface area contributed by atoms with E-state index in [1.165, 1.54) is 4.88 Å². The lowest BCUT2D eigenvalue weighted by molar-refractivity contribution is 1.33. The molecule has 0 aliphatic heterocycles. The quantitative estimate of drug-likeness (QED) is 0.751. The number of thiophene rings is 1. The van der Waals surface area contributed by atoms with Gasteiger partial charge in [0.25, 0.3) is 0 Å². The Morgan fingerprint density at radius 1 is 1.46 bits per heavy atom. The highest BCUT2D eigenvalue weighted by Gasteiger charge is 2.05. The molecule has 0 spiro atoms. The van der Waals surface area contributed by atoms with Crippen molar-refractivity contribution in [2.45, 2.75) is 6.92 Å². The Labute approximate surface area is 81.1 Å². The zero-order chi connectivity index (χ0) is 9.26. The van der Waals surface area contributed by atoms with E-state index in [9.17, 15) is 0 Å². The molecule has 2 nitrogen and oxygen atoms in total. The van der Waals surface area contributed by atoms with Crippen LogP contribution in [0.5, 0.6) is 0 Å². The third-order valence-electron chi connectivity index (χ3n) is 1.86. The van der Waals surface area contributed by atoms with Gasteiger partial charge in [0, 0.05) is 28.4 Å². The third kappa shape index (κ3) is 1.55. The van der Waals surface area contributed by atoms with Crippen LogP contribution in [0.4, 0.5) is 5.00 Å². The Morgan fingerprint density at radius 2 is 2.31 bits per heavy atom. The van der Waals surface area contributed by atoms with E-state index >= 15 is 0 Å². The van der Waals surface area contributed by atoms with Crippen molar-refractivity contribution in [3.63, 3.8) is 0 Å². The number of nitrogens with zero attached hydrogens (tertiary/aromatic N) is 1. The number of anilines is 1. The lowest BCUT2D eigenvalue weighted by Gasteiger charge is -1.96. The first-order valence-corrected chi connectivity index (χ1v) is 4.85. The maximum atomic E-state index is 5.86. The zero-order valence-corrected chi connectivity index (χ0v) is 8.14. The molecular formula is C10H10N2S. The van der Waals surface area contributed by atoms with E-state index in [2.05, 4.69) is 18.0 Å². The van der Waals surface area contributed by atoms with Crippen molar-refractivity contribution in [1.82, 2.24) is 4.98 Å². The molecule has 0 aliphatic carbocycles. The lowest BCUT2D eigenvalue weighted by atomic mass is 10.1. The summed E-state index contributed by atoms with van der Waals surface area (Å²) in [5, 5.41) is 0.866. The van der Waals surface area contributed by atoms with Crippen molar-refractivity contribution in [3.8, 4) is 11.1 Å². The van der Waals surface area contributed by atoms with Crippen LogP contribution in [-0.4, -0.2) is 4.98 Å². The maximum Gasteiger partial charge on any atom is 0.0939 e. The van der Waals surface area contributed by atoms with Crippen molar-refractivity contribution >= 4 is 16.3 Å². The van der Waals surface area contributed by atoms with Gasteiger partial charge in [-0.2, -0.15) is 0 Å². The van der Waals surface area contributed by atoms with Crippen LogP contribution >= 0.6 is 11.3 Å². The van der Waals surface area contributed by atoms with E-state index in [0.29, 0.717) is 0 Å². The van der Waals surface area contributed by atoms with Gasteiger partial charge in [-0.05, 0) is 19.1 Å². The van der Waals surface area contributed by atoms with E-state index in [-0.39, 0.29) is 0 Å². The Hall–Kier alpha value is -1.35. The Bertz CT molecular complexity index is 406. The van der Waals surface area contributed by atoms with Crippen molar-refractivity contribution in [3.05, 3.63) is 35.5 Å². The fourth-order valence-corrected chi connectivity index (χ4v) is 2.09. The average molecular weight is 190 g/mol. The highest BCUT2D eigenvalue weighted by molar-refractivity contribution is 7.16. The van der Waals surface area contributed by atoms with Crippen molar-refractivity contribution in [2.24, 2.45) is 0 Å². The molecule has 0 aliphatic rings. The second-order valence-corrected chi connectivity index (χ2v) is 4.16. The van der Waals surface area contributed by atoms with Gasteiger partial charge in [0.2, 0.25) is 0 Å². The average Bonchev–Trinajstić information content (AvgIpc) is 2.47. The number of nitrogen functional groups attached to an aromatic ring is 1. The molecule has 2 rings (SSSR count). The molecule has 2 aromatic rings. The first-order chi connectivity index (χ1) is 6.27. The van der Waals surface area contributed by atoms with E-state index in [1.54, 1.807) is 17.5 Å². The van der Waals surface area contributed by atoms with Crippen molar-refractivity contribution in [1.29, 1.82) is 0 Å². The summed E-state index contributed by atoms with van der Waals surface area (Å²) in [7, 11) is 0. The third-order valence-corrected chi connectivity index (χ3v) is 2.74. The highest BCUT2D eigenvalue weighted by Crippen LogP contribution is 2.32. The molecule has 0 fully saturated rings. The predicted molar refractivity (Wildman–Crippen MR) is 56.7 cm³/mol. The van der Waals surface area contributed by atoms with Crippen LogP contribution in [0.15, 0.2) is 30.6 Å². The molecule has 0 bridgehead atoms. The Morgan fingerprint density at radius 3 is 2.85 bits per heavy atom. The molecule has 2 aromatic heterocycles. The first-order valence-electron chi connectivity index (χ1n) is 4.03. The lowest BCUT2D eigenvalue weighted by Crippen LogP contribution is -1.83. The van der Waals surface area contributed by atoms with E-state index in [1.807, 2.05) is 18.3 Å². The van der Waals surface area contributed by atoms with Gasteiger partial charge in [0.1, 0.15) is 0 Å². The molecule has 0 unspecified atom stereocenters. The standard InChI is InChI=1S/C10H10N2S/c1-7-5-9(10(11)13-7)8-3-2-4-12-6-8/h2-6H,11H2,1H3. The molecule has 0 aromatic carbocycles. The molecule has 3 heteroatoms. The summed E-state index contributed by atoms with van der Waals surface area (Å²) in [5.74, 6) is 0. The SMILES string of the molecule is Cc1cc(-c2cccnc2)c(N)s1. The molecule has 66 valence electrons. The summed E-state index contributed by atoms with van der Waals surface area (Å²) in [6.45, 7) is 2.06. The van der Waals surface area contributed by atoms with Gasteiger partial charge in [0.05, 0.1) is 5.00 Å². The summed E-state index contributed by atoms with van der Waals surface area (Å²) >= 11 is 1.61. The van der Waals surface area contributed by atoms with Crippen LogP contribution in [0, 0.1) is 6.92 Å². The second-order valence-electron chi connectivity index (χ2n) is 2.88. The number of rotatable bonds is 1. The zero-order valence-electron chi connectivity index (χ0n) is 7.32. The molecular weight excluding hydrogens is 180 g/mol. The number of hydrogen-bond donors (Lipinski definition) is 1. The minimum atomic E-state index is 0.866. The molecule has 13 heavy (non-hydrogen) atoms. The number of nitrogens with two attached hydrogens (primary N) is 1. The highest BCUT2D eigenvalue weighted by atomic mass is 32.1. The summed E-state index contributed by atoms with van der Waals surface area (Å²) in [4.78, 5) is 5.29. The van der Waals surface area contributed by atoms with E-state index < -0.39 is 0 Å². The van der Waals surface area contributed by atoms with Crippen molar-refractivity contribution < 1.29 is 0 Å². The normalized spacial score (nSPS) is 10.2. The minimum absolute atomic E-state index is 0.866. The van der Waals surface area contributed by atoms with Crippen LogP contribution in [0.2, 0.25) is 0 Å². The van der Waals surface area contributed by atoms with Gasteiger partial charge >= 0.3 is 0 Å². The van der Waals surface area contributed by atoms with Gasteiger partial charge in [-0.3, -0.25) is 4.98 Å². The number of aryl methyl sites for hydroxylation is 1. The van der Waals surface area contributed by atoms with Crippen LogP contribution < -0.4 is 5.73 Å². The number of hydrogen-bond acceptors (Lipinski definition) is 3. The van der Waals surface area contributed by atoms with E-state index in [4.69, 9.17) is 5.73 Å². The second kappa shape index (κ2) is 3.18. The van der Waals surface area contributed by atoms with Gasteiger partial charge in [-0.1, -0.05) is 6.07 Å². The molecule has 2 N–H and O–H groups in total. The van der Waals surface area contributed by atoms with Crippen LogP contribution in [0.3, 0.4) is 0 Å².